The van der Waals surface area contributed by atoms with Crippen molar-refractivity contribution in [3.63, 3.8) is 0 Å². The Balaban J connectivity index is 2.07. The highest BCUT2D eigenvalue weighted by atomic mass is 32.1. The molecule has 6 heteroatoms. The van der Waals surface area contributed by atoms with E-state index in [1.165, 1.54) is 18.3 Å². The van der Waals surface area contributed by atoms with Crippen molar-refractivity contribution in [3.05, 3.63) is 5.51 Å². The van der Waals surface area contributed by atoms with Gasteiger partial charge in [0.1, 0.15) is 5.51 Å². The number of nitrogens with one attached hydrogen (secondary N) is 2. The highest BCUT2D eigenvalue weighted by Gasteiger charge is 1.94. The Hall–Kier alpha value is -1.17. The first kappa shape index (κ1) is 8.92. The van der Waals surface area contributed by atoms with Crippen LogP contribution in [0.2, 0.25) is 0 Å². The Morgan fingerprint density at radius 1 is 1.67 bits per heavy atom. The molecule has 0 unspecified atom stereocenters. The van der Waals surface area contributed by atoms with Crippen molar-refractivity contribution in [3.8, 4) is 0 Å². The van der Waals surface area contributed by atoms with E-state index in [1.807, 2.05) is 0 Å². The molecule has 0 aliphatic rings. The van der Waals surface area contributed by atoms with Crippen molar-refractivity contribution in [1.82, 2.24) is 15.5 Å². The van der Waals surface area contributed by atoms with E-state index in [9.17, 15) is 4.79 Å². The molecule has 1 aromatic heterocycles. The Bertz CT molecular complexity index is 236. The second kappa shape index (κ2) is 4.66. The van der Waals surface area contributed by atoms with Crippen LogP contribution < -0.4 is 10.6 Å². The van der Waals surface area contributed by atoms with Gasteiger partial charge in [-0.1, -0.05) is 11.3 Å². The number of rotatable bonds is 4. The Morgan fingerprint density at radius 3 is 3.08 bits per heavy atom. The van der Waals surface area contributed by atoms with Crippen LogP contribution in [-0.4, -0.2) is 29.2 Å². The number of hydrogen-bond acceptors (Lipinski definition) is 5. The molecule has 0 atom stereocenters. The summed E-state index contributed by atoms with van der Waals surface area (Å²) in [7, 11) is 0. The standard InChI is InChI=1S/C6H10N4OS/c1-5(11)7-2-3-8-6-10-9-4-12-6/h4H,2-3H2,1H3,(H,7,11)(H,8,10). The molecule has 1 rings (SSSR count). The smallest absolute Gasteiger partial charge is 0.216 e. The summed E-state index contributed by atoms with van der Waals surface area (Å²) < 4.78 is 0. The van der Waals surface area contributed by atoms with Gasteiger partial charge in [0.2, 0.25) is 11.0 Å². The van der Waals surface area contributed by atoms with Crippen LogP contribution in [0.4, 0.5) is 5.13 Å². The maximum absolute atomic E-state index is 10.4. The first-order chi connectivity index (χ1) is 5.79. The monoisotopic (exact) mass is 186 g/mol. The molecule has 1 heterocycles. The van der Waals surface area contributed by atoms with Crippen LogP contribution in [0.15, 0.2) is 5.51 Å². The van der Waals surface area contributed by atoms with Crippen molar-refractivity contribution < 1.29 is 4.79 Å². The molecule has 0 aliphatic carbocycles. The molecule has 12 heavy (non-hydrogen) atoms. The minimum absolute atomic E-state index is 0.0194. The van der Waals surface area contributed by atoms with Crippen LogP contribution in [0.3, 0.4) is 0 Å². The molecule has 0 bridgehead atoms. The van der Waals surface area contributed by atoms with Gasteiger partial charge in [0.25, 0.3) is 0 Å². The molecular formula is C6H10N4OS. The number of anilines is 1. The summed E-state index contributed by atoms with van der Waals surface area (Å²) in [6.07, 6.45) is 0. The van der Waals surface area contributed by atoms with Crippen molar-refractivity contribution >= 4 is 22.4 Å². The van der Waals surface area contributed by atoms with E-state index in [0.717, 1.165) is 5.13 Å². The summed E-state index contributed by atoms with van der Waals surface area (Å²) in [6.45, 7) is 2.77. The maximum atomic E-state index is 10.4. The predicted octanol–water partition coefficient (Wildman–Crippen LogP) is 0.0861. The van der Waals surface area contributed by atoms with Gasteiger partial charge in [0.05, 0.1) is 0 Å². The van der Waals surface area contributed by atoms with Gasteiger partial charge in [-0.25, -0.2) is 0 Å². The average molecular weight is 186 g/mol. The van der Waals surface area contributed by atoms with Crippen molar-refractivity contribution in [1.29, 1.82) is 0 Å². The lowest BCUT2D eigenvalue weighted by Crippen LogP contribution is -2.26. The van der Waals surface area contributed by atoms with E-state index in [0.29, 0.717) is 13.1 Å². The molecule has 1 amide bonds. The van der Waals surface area contributed by atoms with E-state index in [4.69, 9.17) is 0 Å². The molecule has 2 N–H and O–H groups in total. The molecule has 0 spiro atoms. The lowest BCUT2D eigenvalue weighted by Gasteiger charge is -2.01. The van der Waals surface area contributed by atoms with Gasteiger partial charge in [0, 0.05) is 20.0 Å². The fourth-order valence-corrected chi connectivity index (χ4v) is 1.13. The zero-order valence-corrected chi connectivity index (χ0v) is 7.52. The van der Waals surface area contributed by atoms with E-state index in [2.05, 4.69) is 20.8 Å². The summed E-state index contributed by atoms with van der Waals surface area (Å²) in [6, 6.07) is 0. The summed E-state index contributed by atoms with van der Waals surface area (Å²) >= 11 is 1.44. The maximum Gasteiger partial charge on any atom is 0.216 e. The number of hydrogen-bond donors (Lipinski definition) is 2. The number of amides is 1. The summed E-state index contributed by atoms with van der Waals surface area (Å²) in [5.74, 6) is -0.0194. The van der Waals surface area contributed by atoms with E-state index in [1.54, 1.807) is 5.51 Å². The second-order valence-corrected chi connectivity index (χ2v) is 2.99. The normalized spacial score (nSPS) is 9.42. The minimum Gasteiger partial charge on any atom is -0.358 e. The van der Waals surface area contributed by atoms with Gasteiger partial charge in [-0.05, 0) is 0 Å². The van der Waals surface area contributed by atoms with Gasteiger partial charge >= 0.3 is 0 Å². The molecule has 0 saturated carbocycles. The van der Waals surface area contributed by atoms with Gasteiger partial charge in [-0.15, -0.1) is 10.2 Å². The molecule has 66 valence electrons. The largest absolute Gasteiger partial charge is 0.358 e. The third kappa shape index (κ3) is 3.29. The average Bonchev–Trinajstić information content (AvgIpc) is 2.49. The lowest BCUT2D eigenvalue weighted by atomic mass is 10.6. The molecule has 1 aromatic rings. The summed E-state index contributed by atoms with van der Waals surface area (Å²) in [4.78, 5) is 10.4. The van der Waals surface area contributed by atoms with Gasteiger partial charge in [-0.3, -0.25) is 4.79 Å². The molecule has 0 radical (unpaired) electrons. The van der Waals surface area contributed by atoms with Crippen molar-refractivity contribution in [2.75, 3.05) is 18.4 Å². The Labute approximate surface area is 74.2 Å². The number of carbonyl (C=O) groups is 1. The highest BCUT2D eigenvalue weighted by molar-refractivity contribution is 7.13. The predicted molar refractivity (Wildman–Crippen MR) is 47.1 cm³/mol. The van der Waals surface area contributed by atoms with E-state index in [-0.39, 0.29) is 5.91 Å². The first-order valence-electron chi connectivity index (χ1n) is 3.53. The molecule has 0 aromatic carbocycles. The quantitative estimate of drug-likeness (QED) is 0.654. The number of carbonyl (C=O) groups excluding carboxylic acids is 1. The van der Waals surface area contributed by atoms with Crippen LogP contribution in [0.25, 0.3) is 0 Å². The number of aromatic nitrogens is 2. The fourth-order valence-electron chi connectivity index (χ4n) is 0.658. The second-order valence-electron chi connectivity index (χ2n) is 2.15. The molecule has 0 fully saturated rings. The molecule has 0 saturated heterocycles. The third-order valence-electron chi connectivity index (χ3n) is 1.14. The van der Waals surface area contributed by atoms with Crippen LogP contribution in [0.1, 0.15) is 6.92 Å². The number of nitrogens with zero attached hydrogens (tertiary/aromatic N) is 2. The SMILES string of the molecule is CC(=O)NCCNc1nncs1. The van der Waals surface area contributed by atoms with Gasteiger partial charge < -0.3 is 10.6 Å². The minimum atomic E-state index is -0.0194. The first-order valence-corrected chi connectivity index (χ1v) is 4.41. The highest BCUT2D eigenvalue weighted by Crippen LogP contribution is 2.06. The zero-order chi connectivity index (χ0) is 8.81. The molecule has 0 aliphatic heterocycles. The van der Waals surface area contributed by atoms with Crippen LogP contribution >= 0.6 is 11.3 Å². The fraction of sp³-hybridized carbons (Fsp3) is 0.500. The summed E-state index contributed by atoms with van der Waals surface area (Å²) in [5, 5.41) is 13.9. The third-order valence-corrected chi connectivity index (χ3v) is 1.78. The van der Waals surface area contributed by atoms with E-state index < -0.39 is 0 Å². The van der Waals surface area contributed by atoms with Gasteiger partial charge in [-0.2, -0.15) is 0 Å². The molecule has 5 nitrogen and oxygen atoms in total. The van der Waals surface area contributed by atoms with Gasteiger partial charge in [0.15, 0.2) is 0 Å². The van der Waals surface area contributed by atoms with Crippen LogP contribution in [0, 0.1) is 0 Å². The topological polar surface area (TPSA) is 66.9 Å². The van der Waals surface area contributed by atoms with Crippen molar-refractivity contribution in [2.45, 2.75) is 6.92 Å². The Morgan fingerprint density at radius 2 is 2.50 bits per heavy atom. The van der Waals surface area contributed by atoms with Crippen molar-refractivity contribution in [2.24, 2.45) is 0 Å². The zero-order valence-electron chi connectivity index (χ0n) is 6.70. The summed E-state index contributed by atoms with van der Waals surface area (Å²) in [5.41, 5.74) is 1.65. The lowest BCUT2D eigenvalue weighted by molar-refractivity contribution is -0.118. The van der Waals surface area contributed by atoms with Crippen LogP contribution in [-0.2, 0) is 4.79 Å². The Kier molecular flexibility index (Phi) is 3.46. The van der Waals surface area contributed by atoms with E-state index >= 15 is 0 Å². The molecular weight excluding hydrogens is 176 g/mol. The van der Waals surface area contributed by atoms with Crippen LogP contribution in [0.5, 0.6) is 0 Å².